The van der Waals surface area contributed by atoms with E-state index in [1.54, 1.807) is 13.0 Å². The molecule has 6 nitrogen and oxygen atoms in total. The van der Waals surface area contributed by atoms with Crippen molar-refractivity contribution >= 4 is 29.9 Å². The molecule has 0 aliphatic carbocycles. The number of aryl methyl sites for hydroxylation is 1. The number of rotatable bonds is 5. The van der Waals surface area contributed by atoms with Crippen LogP contribution in [0.3, 0.4) is 0 Å². The first-order chi connectivity index (χ1) is 15.4. The van der Waals surface area contributed by atoms with Gasteiger partial charge in [-0.05, 0) is 74.0 Å². The van der Waals surface area contributed by atoms with E-state index >= 15 is 0 Å². The zero-order valence-corrected chi connectivity index (χ0v) is 18.7. The molecule has 4 aromatic rings. The fraction of sp³-hybridized carbons (Fsp3) is 0.192. The summed E-state index contributed by atoms with van der Waals surface area (Å²) < 4.78 is 7.96. The Bertz CT molecular complexity index is 1420. The summed E-state index contributed by atoms with van der Waals surface area (Å²) in [6.07, 6.45) is 5.31. The van der Waals surface area contributed by atoms with Crippen LogP contribution >= 0.6 is 0 Å². The molecule has 2 aromatic heterocycles. The molecule has 0 saturated carbocycles. The first-order valence-corrected chi connectivity index (χ1v) is 10.5. The van der Waals surface area contributed by atoms with E-state index in [-0.39, 0.29) is 11.9 Å². The van der Waals surface area contributed by atoms with Gasteiger partial charge < -0.3 is 14.4 Å². The molecule has 0 radical (unpaired) electrons. The van der Waals surface area contributed by atoms with E-state index < -0.39 is 0 Å². The molecule has 0 fully saturated rings. The van der Waals surface area contributed by atoms with Gasteiger partial charge in [0.05, 0.1) is 22.3 Å². The van der Waals surface area contributed by atoms with Crippen molar-refractivity contribution in [2.75, 3.05) is 0 Å². The number of ether oxygens (including phenoxy) is 1. The third kappa shape index (κ3) is 3.99. The molecule has 0 atom stereocenters. The monoisotopic (exact) mass is 426 g/mol. The Labute approximate surface area is 186 Å². The zero-order chi connectivity index (χ0) is 22.8. The summed E-state index contributed by atoms with van der Waals surface area (Å²) in [5.74, 6) is 0.887. The van der Waals surface area contributed by atoms with Crippen molar-refractivity contribution < 1.29 is 9.84 Å². The van der Waals surface area contributed by atoms with Crippen molar-refractivity contribution in [3.63, 3.8) is 0 Å². The highest BCUT2D eigenvalue weighted by molar-refractivity contribution is 5.86. The van der Waals surface area contributed by atoms with Crippen LogP contribution in [0, 0.1) is 6.92 Å². The number of hydrogen-bond acceptors (Lipinski definition) is 5. The molecular weight excluding hydrogens is 400 g/mol. The second-order valence-corrected chi connectivity index (χ2v) is 7.94. The van der Waals surface area contributed by atoms with E-state index in [9.17, 15) is 5.11 Å². The smallest absolute Gasteiger partial charge is 0.325 e. The molecule has 0 amide bonds. The van der Waals surface area contributed by atoms with Crippen molar-refractivity contribution in [1.29, 1.82) is 0 Å². The molecule has 0 bridgehead atoms. The molecule has 6 heteroatoms. The minimum atomic E-state index is -0.168. The van der Waals surface area contributed by atoms with Gasteiger partial charge in [-0.25, -0.2) is 0 Å². The molecule has 1 N–H and O–H groups in total. The van der Waals surface area contributed by atoms with Crippen LogP contribution in [0.4, 0.5) is 0 Å². The highest BCUT2D eigenvalue weighted by Crippen LogP contribution is 2.29. The normalized spacial score (nSPS) is 12.7. The maximum absolute atomic E-state index is 10.2. The van der Waals surface area contributed by atoms with Gasteiger partial charge in [-0.1, -0.05) is 26.0 Å². The van der Waals surface area contributed by atoms with Crippen LogP contribution in [0.15, 0.2) is 53.7 Å². The Hall–Kier alpha value is -3.93. The number of nitrogens with zero attached hydrogens (tertiary/aromatic N) is 4. The van der Waals surface area contributed by atoms with Crippen LogP contribution in [-0.2, 0) is 0 Å². The van der Waals surface area contributed by atoms with Crippen LogP contribution in [-0.4, -0.2) is 26.4 Å². The van der Waals surface area contributed by atoms with Crippen molar-refractivity contribution in [2.24, 2.45) is 4.99 Å². The van der Waals surface area contributed by atoms with Crippen molar-refractivity contribution in [3.8, 4) is 23.3 Å². The molecule has 0 aliphatic rings. The second kappa shape index (κ2) is 8.67. The topological polar surface area (TPSA) is 72.5 Å². The lowest BCUT2D eigenvalue weighted by Crippen LogP contribution is -2.29. The lowest BCUT2D eigenvalue weighted by molar-refractivity contribution is 0.400. The number of aromatic hydroxyl groups is 1. The molecule has 0 unspecified atom stereocenters. The van der Waals surface area contributed by atoms with Crippen LogP contribution in [0.1, 0.15) is 37.8 Å². The van der Waals surface area contributed by atoms with Crippen molar-refractivity contribution in [3.05, 3.63) is 70.4 Å². The van der Waals surface area contributed by atoms with E-state index in [1.165, 1.54) is 22.7 Å². The lowest BCUT2D eigenvalue weighted by atomic mass is 10.0. The zero-order valence-electron chi connectivity index (χ0n) is 18.7. The Morgan fingerprint density at radius 2 is 1.88 bits per heavy atom. The summed E-state index contributed by atoms with van der Waals surface area (Å²) >= 11 is 0. The summed E-state index contributed by atoms with van der Waals surface area (Å²) in [6, 6.07) is 14.4. The summed E-state index contributed by atoms with van der Waals surface area (Å²) in [5, 5.41) is 12.4. The standard InChI is InChI=1S/C26H26N4O2/c1-6-21-23(14-27-5)28-26(29-25(21)31)32-20-10-8-19(9-11-20)30-15-17(4)22-13-18(16(2)3)7-12-24(22)30/h6-16H,5H2,1-4H3,(H,28,29,31)/b21-6+,23-14+. The molecule has 2 aromatic carbocycles. The van der Waals surface area contributed by atoms with E-state index in [1.807, 2.05) is 24.3 Å². The van der Waals surface area contributed by atoms with Crippen molar-refractivity contribution in [2.45, 2.75) is 33.6 Å². The minimum absolute atomic E-state index is 0.0409. The maximum atomic E-state index is 10.2. The Morgan fingerprint density at radius 1 is 1.12 bits per heavy atom. The van der Waals surface area contributed by atoms with Crippen LogP contribution < -0.4 is 15.3 Å². The summed E-state index contributed by atoms with van der Waals surface area (Å²) in [5.41, 5.74) is 4.76. The van der Waals surface area contributed by atoms with Gasteiger partial charge in [0, 0.05) is 17.3 Å². The van der Waals surface area contributed by atoms with Gasteiger partial charge in [0.25, 0.3) is 0 Å². The maximum Gasteiger partial charge on any atom is 0.325 e. The molecule has 0 spiro atoms. The number of fused-ring (bicyclic) bond motifs is 1. The SMILES string of the molecule is C=N/C=c1/nc(Oc2ccc(-n3cc(C)c4cc(C(C)C)ccc43)cc2)nc(O)/c1=C/C. The minimum Gasteiger partial charge on any atom is -0.493 e. The molecule has 2 heterocycles. The molecule has 32 heavy (non-hydrogen) atoms. The number of aliphatic imine (C=N–C) groups is 1. The molecule has 0 saturated heterocycles. The third-order valence-corrected chi connectivity index (χ3v) is 5.46. The molecule has 4 rings (SSSR count). The molecule has 0 aliphatic heterocycles. The molecular formula is C26H26N4O2. The van der Waals surface area contributed by atoms with Crippen molar-refractivity contribution in [1.82, 2.24) is 14.5 Å². The summed E-state index contributed by atoms with van der Waals surface area (Å²) in [6.45, 7) is 11.8. The summed E-state index contributed by atoms with van der Waals surface area (Å²) in [4.78, 5) is 12.1. The fourth-order valence-corrected chi connectivity index (χ4v) is 3.73. The van der Waals surface area contributed by atoms with E-state index in [4.69, 9.17) is 4.74 Å². The summed E-state index contributed by atoms with van der Waals surface area (Å²) in [7, 11) is 0. The van der Waals surface area contributed by atoms with Gasteiger partial charge in [-0.2, -0.15) is 9.97 Å². The fourth-order valence-electron chi connectivity index (χ4n) is 3.73. The Kier molecular flexibility index (Phi) is 5.77. The number of benzene rings is 2. The van der Waals surface area contributed by atoms with Gasteiger partial charge in [-0.15, -0.1) is 0 Å². The largest absolute Gasteiger partial charge is 0.493 e. The first-order valence-electron chi connectivity index (χ1n) is 10.5. The van der Waals surface area contributed by atoms with Gasteiger partial charge in [0.1, 0.15) is 5.75 Å². The second-order valence-electron chi connectivity index (χ2n) is 7.94. The van der Waals surface area contributed by atoms with E-state index in [0.29, 0.717) is 22.2 Å². The van der Waals surface area contributed by atoms with Gasteiger partial charge in [-0.3, -0.25) is 4.99 Å². The highest BCUT2D eigenvalue weighted by atomic mass is 16.5. The average molecular weight is 427 g/mol. The average Bonchev–Trinajstić information content (AvgIpc) is 3.10. The van der Waals surface area contributed by atoms with Crippen LogP contribution in [0.25, 0.3) is 28.9 Å². The predicted molar refractivity (Wildman–Crippen MR) is 129 cm³/mol. The first kappa shape index (κ1) is 21.3. The Balaban J connectivity index is 1.66. The lowest BCUT2D eigenvalue weighted by Gasteiger charge is -2.09. The van der Waals surface area contributed by atoms with Gasteiger partial charge in [0.2, 0.25) is 5.88 Å². The third-order valence-electron chi connectivity index (χ3n) is 5.46. The predicted octanol–water partition coefficient (Wildman–Crippen LogP) is 4.59. The van der Waals surface area contributed by atoms with E-state index in [0.717, 1.165) is 11.2 Å². The van der Waals surface area contributed by atoms with Crippen LogP contribution in [0.2, 0.25) is 0 Å². The quantitative estimate of drug-likeness (QED) is 0.474. The van der Waals surface area contributed by atoms with Gasteiger partial charge in [0.15, 0.2) is 0 Å². The number of aromatic nitrogens is 3. The number of hydrogen-bond donors (Lipinski definition) is 1. The van der Waals surface area contributed by atoms with Gasteiger partial charge >= 0.3 is 6.01 Å². The Morgan fingerprint density at radius 3 is 2.53 bits per heavy atom. The molecule has 162 valence electrons. The van der Waals surface area contributed by atoms with E-state index in [2.05, 4.69) is 71.4 Å². The highest BCUT2D eigenvalue weighted by Gasteiger charge is 2.11. The van der Waals surface area contributed by atoms with Crippen LogP contribution in [0.5, 0.6) is 17.6 Å².